The van der Waals surface area contributed by atoms with Crippen LogP contribution in [0.4, 0.5) is 13.2 Å². The molecule has 0 bridgehead atoms. The zero-order chi connectivity index (χ0) is 15.2. The molecule has 0 atom stereocenters. The highest BCUT2D eigenvalue weighted by atomic mass is 35.5. The lowest BCUT2D eigenvalue weighted by Crippen LogP contribution is -2.36. The van der Waals surface area contributed by atoms with Crippen LogP contribution in [0, 0.1) is 0 Å². The standard InChI is InChI=1S/C12H14ClF3N2O2/c13-9-2-1-3-10(8(9)4-5-17)20-6-11(19)18-7-12(14,15)16/h1-3H,4-7,17H2,(H,18,19). The zero-order valence-electron chi connectivity index (χ0n) is 10.5. The molecule has 0 saturated heterocycles. The Labute approximate surface area is 119 Å². The number of benzene rings is 1. The van der Waals surface area contributed by atoms with Gasteiger partial charge in [0.05, 0.1) is 0 Å². The fraction of sp³-hybridized carbons (Fsp3) is 0.417. The summed E-state index contributed by atoms with van der Waals surface area (Å²) in [7, 11) is 0. The summed E-state index contributed by atoms with van der Waals surface area (Å²) in [6, 6.07) is 4.84. The Bertz CT molecular complexity index is 467. The van der Waals surface area contributed by atoms with Gasteiger partial charge in [-0.2, -0.15) is 13.2 Å². The van der Waals surface area contributed by atoms with Gasteiger partial charge in [0, 0.05) is 10.6 Å². The van der Waals surface area contributed by atoms with Crippen LogP contribution in [0.25, 0.3) is 0 Å². The average molecular weight is 311 g/mol. The number of nitrogens with one attached hydrogen (secondary N) is 1. The molecule has 8 heteroatoms. The monoisotopic (exact) mass is 310 g/mol. The largest absolute Gasteiger partial charge is 0.483 e. The van der Waals surface area contributed by atoms with Crippen LogP contribution in [-0.4, -0.2) is 31.8 Å². The van der Waals surface area contributed by atoms with E-state index in [0.29, 0.717) is 29.3 Å². The van der Waals surface area contributed by atoms with Gasteiger partial charge in [-0.25, -0.2) is 0 Å². The minimum absolute atomic E-state index is 0.334. The molecule has 3 N–H and O–H groups in total. The van der Waals surface area contributed by atoms with E-state index in [9.17, 15) is 18.0 Å². The number of carbonyl (C=O) groups excluding carboxylic acids is 1. The Morgan fingerprint density at radius 2 is 2.10 bits per heavy atom. The SMILES string of the molecule is NCCc1c(Cl)cccc1OCC(=O)NCC(F)(F)F. The van der Waals surface area contributed by atoms with E-state index in [2.05, 4.69) is 0 Å². The second-order valence-corrected chi connectivity index (χ2v) is 4.34. The summed E-state index contributed by atoms with van der Waals surface area (Å²) < 4.78 is 40.9. The maximum absolute atomic E-state index is 11.9. The number of halogens is 4. The van der Waals surface area contributed by atoms with Crippen molar-refractivity contribution in [1.82, 2.24) is 5.32 Å². The van der Waals surface area contributed by atoms with E-state index in [1.165, 1.54) is 0 Å². The lowest BCUT2D eigenvalue weighted by atomic mass is 10.1. The molecule has 0 spiro atoms. The van der Waals surface area contributed by atoms with Crippen LogP contribution in [-0.2, 0) is 11.2 Å². The van der Waals surface area contributed by atoms with Crippen molar-refractivity contribution >= 4 is 17.5 Å². The van der Waals surface area contributed by atoms with E-state index in [1.54, 1.807) is 23.5 Å². The molecule has 1 rings (SSSR count). The van der Waals surface area contributed by atoms with Crippen LogP contribution in [0.2, 0.25) is 5.02 Å². The van der Waals surface area contributed by atoms with Gasteiger partial charge in [-0.1, -0.05) is 17.7 Å². The van der Waals surface area contributed by atoms with Crippen molar-refractivity contribution in [3.8, 4) is 5.75 Å². The molecule has 0 heterocycles. The average Bonchev–Trinajstić information content (AvgIpc) is 2.36. The maximum Gasteiger partial charge on any atom is 0.405 e. The predicted molar refractivity (Wildman–Crippen MR) is 68.8 cm³/mol. The van der Waals surface area contributed by atoms with Crippen LogP contribution in [0.5, 0.6) is 5.75 Å². The number of hydrogen-bond donors (Lipinski definition) is 2. The van der Waals surface area contributed by atoms with Crippen LogP contribution >= 0.6 is 11.6 Å². The minimum atomic E-state index is -4.45. The molecule has 20 heavy (non-hydrogen) atoms. The van der Waals surface area contributed by atoms with Crippen LogP contribution in [0.1, 0.15) is 5.56 Å². The normalized spacial score (nSPS) is 11.2. The summed E-state index contributed by atoms with van der Waals surface area (Å²) in [5.41, 5.74) is 6.06. The van der Waals surface area contributed by atoms with E-state index >= 15 is 0 Å². The molecule has 112 valence electrons. The smallest absolute Gasteiger partial charge is 0.405 e. The minimum Gasteiger partial charge on any atom is -0.483 e. The number of amides is 1. The van der Waals surface area contributed by atoms with Gasteiger partial charge in [0.25, 0.3) is 5.91 Å². The second-order valence-electron chi connectivity index (χ2n) is 3.94. The van der Waals surface area contributed by atoms with Crippen molar-refractivity contribution in [3.63, 3.8) is 0 Å². The van der Waals surface area contributed by atoms with Crippen molar-refractivity contribution in [2.45, 2.75) is 12.6 Å². The Morgan fingerprint density at radius 1 is 1.40 bits per heavy atom. The first-order chi connectivity index (χ1) is 9.33. The van der Waals surface area contributed by atoms with E-state index < -0.39 is 25.2 Å². The Morgan fingerprint density at radius 3 is 2.70 bits per heavy atom. The summed E-state index contributed by atoms with van der Waals surface area (Å²) in [6.07, 6.45) is -4.00. The van der Waals surface area contributed by atoms with E-state index in [0.717, 1.165) is 0 Å². The van der Waals surface area contributed by atoms with Gasteiger partial charge in [-0.3, -0.25) is 4.79 Å². The Hall–Kier alpha value is -1.47. The summed E-state index contributed by atoms with van der Waals surface area (Å²) >= 11 is 5.96. The van der Waals surface area contributed by atoms with E-state index in [1.807, 2.05) is 0 Å². The Balaban J connectivity index is 2.57. The Kier molecular flexibility index (Phi) is 6.09. The van der Waals surface area contributed by atoms with Crippen molar-refractivity contribution in [2.24, 2.45) is 5.73 Å². The quantitative estimate of drug-likeness (QED) is 0.843. The predicted octanol–water partition coefficient (Wildman–Crippen LogP) is 1.90. The lowest BCUT2D eigenvalue weighted by molar-refractivity contribution is -0.139. The molecule has 0 radical (unpaired) electrons. The molecule has 0 aliphatic carbocycles. The fourth-order valence-electron chi connectivity index (χ4n) is 1.45. The highest BCUT2D eigenvalue weighted by molar-refractivity contribution is 6.31. The summed E-state index contributed by atoms with van der Waals surface area (Å²) in [5.74, 6) is -0.522. The number of hydrogen-bond acceptors (Lipinski definition) is 3. The molecule has 4 nitrogen and oxygen atoms in total. The van der Waals surface area contributed by atoms with Gasteiger partial charge >= 0.3 is 6.18 Å². The van der Waals surface area contributed by atoms with Crippen molar-refractivity contribution in [2.75, 3.05) is 19.7 Å². The maximum atomic E-state index is 11.9. The van der Waals surface area contributed by atoms with Crippen molar-refractivity contribution in [1.29, 1.82) is 0 Å². The van der Waals surface area contributed by atoms with Crippen LogP contribution in [0.15, 0.2) is 18.2 Å². The molecule has 1 amide bonds. The third kappa shape index (κ3) is 5.66. The number of rotatable bonds is 6. The molecule has 0 aromatic heterocycles. The van der Waals surface area contributed by atoms with Gasteiger partial charge in [0.1, 0.15) is 12.3 Å². The van der Waals surface area contributed by atoms with Gasteiger partial charge < -0.3 is 15.8 Å². The molecule has 0 aliphatic rings. The first kappa shape index (κ1) is 16.6. The molecule has 0 saturated carbocycles. The topological polar surface area (TPSA) is 64.3 Å². The molecular formula is C12H14ClF3N2O2. The fourth-order valence-corrected chi connectivity index (χ4v) is 1.71. The van der Waals surface area contributed by atoms with E-state index in [-0.39, 0.29) is 0 Å². The number of ether oxygens (including phenoxy) is 1. The second kappa shape index (κ2) is 7.35. The lowest BCUT2D eigenvalue weighted by Gasteiger charge is -2.13. The molecule has 0 aliphatic heterocycles. The van der Waals surface area contributed by atoms with Gasteiger partial charge in [-0.05, 0) is 25.1 Å². The highest BCUT2D eigenvalue weighted by Crippen LogP contribution is 2.26. The third-order valence-electron chi connectivity index (χ3n) is 2.31. The zero-order valence-corrected chi connectivity index (χ0v) is 11.2. The summed E-state index contributed by atoms with van der Waals surface area (Å²) in [4.78, 5) is 11.2. The van der Waals surface area contributed by atoms with Crippen molar-refractivity contribution < 1.29 is 22.7 Å². The molecular weight excluding hydrogens is 297 g/mol. The number of carbonyl (C=O) groups is 1. The molecule has 1 aromatic carbocycles. The summed E-state index contributed by atoms with van der Waals surface area (Å²) in [5, 5.41) is 2.15. The van der Waals surface area contributed by atoms with Crippen LogP contribution < -0.4 is 15.8 Å². The molecule has 1 aromatic rings. The first-order valence-corrected chi connectivity index (χ1v) is 6.15. The van der Waals surface area contributed by atoms with Crippen molar-refractivity contribution in [3.05, 3.63) is 28.8 Å². The van der Waals surface area contributed by atoms with Gasteiger partial charge in [0.2, 0.25) is 0 Å². The summed E-state index contributed by atoms with van der Waals surface area (Å²) in [6.45, 7) is -1.57. The number of nitrogens with two attached hydrogens (primary N) is 1. The highest BCUT2D eigenvalue weighted by Gasteiger charge is 2.27. The number of alkyl halides is 3. The molecule has 0 fully saturated rings. The van der Waals surface area contributed by atoms with Gasteiger partial charge in [0.15, 0.2) is 6.61 Å². The first-order valence-electron chi connectivity index (χ1n) is 5.77. The van der Waals surface area contributed by atoms with Crippen LogP contribution in [0.3, 0.4) is 0 Å². The molecule has 0 unspecified atom stereocenters. The van der Waals surface area contributed by atoms with Gasteiger partial charge in [-0.15, -0.1) is 0 Å². The van der Waals surface area contributed by atoms with E-state index in [4.69, 9.17) is 22.1 Å². The third-order valence-corrected chi connectivity index (χ3v) is 2.67.